The number of hydrogen-bond donors (Lipinski definition) is 3. The summed E-state index contributed by atoms with van der Waals surface area (Å²) in [5.41, 5.74) is 5.91. The Morgan fingerprint density at radius 1 is 1.42 bits per heavy atom. The fourth-order valence-corrected chi connectivity index (χ4v) is 3.77. The molecule has 1 aromatic heterocycles. The molecule has 2 heterocycles. The molecule has 1 aliphatic rings. The zero-order chi connectivity index (χ0) is 13.7. The van der Waals surface area contributed by atoms with Crippen molar-refractivity contribution >= 4 is 11.3 Å². The van der Waals surface area contributed by atoms with Gasteiger partial charge in [-0.15, -0.1) is 11.3 Å². The molecule has 19 heavy (non-hydrogen) atoms. The van der Waals surface area contributed by atoms with E-state index in [9.17, 15) is 5.11 Å². The fraction of sp³-hybridized carbons (Fsp3) is 0.733. The normalized spacial score (nSPS) is 23.8. The second-order valence-corrected chi connectivity index (χ2v) is 6.73. The molecular weight excluding hydrogens is 256 g/mol. The average molecular weight is 282 g/mol. The van der Waals surface area contributed by atoms with Gasteiger partial charge in [0, 0.05) is 21.8 Å². The Morgan fingerprint density at radius 2 is 2.26 bits per heavy atom. The molecule has 1 aromatic rings. The minimum Gasteiger partial charge on any atom is -0.386 e. The molecule has 0 radical (unpaired) electrons. The maximum atomic E-state index is 10.1. The van der Waals surface area contributed by atoms with Gasteiger partial charge in [0.2, 0.25) is 0 Å². The van der Waals surface area contributed by atoms with Crippen molar-refractivity contribution in [2.45, 2.75) is 63.6 Å². The summed E-state index contributed by atoms with van der Waals surface area (Å²) < 4.78 is 0. The van der Waals surface area contributed by atoms with Gasteiger partial charge in [-0.1, -0.05) is 19.8 Å². The predicted molar refractivity (Wildman–Crippen MR) is 81.5 cm³/mol. The van der Waals surface area contributed by atoms with Crippen LogP contribution in [0.4, 0.5) is 0 Å². The molecule has 108 valence electrons. The van der Waals surface area contributed by atoms with Crippen LogP contribution in [-0.4, -0.2) is 23.7 Å². The molecule has 1 fully saturated rings. The Bertz CT molecular complexity index is 372. The second kappa shape index (κ2) is 7.39. The minimum absolute atomic E-state index is 0.150. The first-order valence-corrected chi connectivity index (χ1v) is 8.28. The number of rotatable bonds is 5. The van der Waals surface area contributed by atoms with Crippen molar-refractivity contribution < 1.29 is 5.11 Å². The third kappa shape index (κ3) is 4.28. The fourth-order valence-electron chi connectivity index (χ4n) is 2.62. The summed E-state index contributed by atoms with van der Waals surface area (Å²) in [6, 6.07) is 4.64. The minimum atomic E-state index is -0.508. The summed E-state index contributed by atoms with van der Waals surface area (Å²) in [7, 11) is 0. The molecule has 0 aliphatic carbocycles. The van der Waals surface area contributed by atoms with Gasteiger partial charge in [-0.05, 0) is 44.4 Å². The van der Waals surface area contributed by atoms with Crippen LogP contribution < -0.4 is 11.1 Å². The molecule has 4 N–H and O–H groups in total. The van der Waals surface area contributed by atoms with Gasteiger partial charge in [0.1, 0.15) is 6.10 Å². The molecule has 2 rings (SSSR count). The first-order valence-electron chi connectivity index (χ1n) is 7.46. The first-order chi connectivity index (χ1) is 9.20. The van der Waals surface area contributed by atoms with Crippen LogP contribution in [0.1, 0.15) is 54.9 Å². The molecule has 3 unspecified atom stereocenters. The van der Waals surface area contributed by atoms with Crippen LogP contribution in [0.5, 0.6) is 0 Å². The van der Waals surface area contributed by atoms with E-state index in [1.165, 1.54) is 30.6 Å². The van der Waals surface area contributed by atoms with Crippen LogP contribution in [0.25, 0.3) is 0 Å². The molecule has 3 nitrogen and oxygen atoms in total. The largest absolute Gasteiger partial charge is 0.386 e. The predicted octanol–water partition coefficient (Wildman–Crippen LogP) is 2.59. The van der Waals surface area contributed by atoms with E-state index in [-0.39, 0.29) is 6.04 Å². The topological polar surface area (TPSA) is 58.3 Å². The van der Waals surface area contributed by atoms with Gasteiger partial charge in [-0.3, -0.25) is 0 Å². The lowest BCUT2D eigenvalue weighted by molar-refractivity contribution is 0.148. The standard InChI is InChI=1S/C15H26N2OS/c1-2-13(16)15(18)14-8-7-12(19-14)10-11-6-4-3-5-9-17-11/h7-8,11,13,15,17-18H,2-6,9-10,16H2,1H3. The van der Waals surface area contributed by atoms with Gasteiger partial charge in [0.25, 0.3) is 0 Å². The van der Waals surface area contributed by atoms with Crippen LogP contribution in [-0.2, 0) is 6.42 Å². The Labute approximate surface area is 120 Å². The van der Waals surface area contributed by atoms with E-state index < -0.39 is 6.10 Å². The highest BCUT2D eigenvalue weighted by molar-refractivity contribution is 7.12. The summed E-state index contributed by atoms with van der Waals surface area (Å²) in [5, 5.41) is 13.7. The highest BCUT2D eigenvalue weighted by Gasteiger charge is 2.18. The third-order valence-corrected chi connectivity index (χ3v) is 5.14. The van der Waals surface area contributed by atoms with Gasteiger partial charge < -0.3 is 16.2 Å². The van der Waals surface area contributed by atoms with Crippen molar-refractivity contribution in [1.29, 1.82) is 0 Å². The molecule has 3 atom stereocenters. The summed E-state index contributed by atoms with van der Waals surface area (Å²) in [4.78, 5) is 2.37. The highest BCUT2D eigenvalue weighted by atomic mass is 32.1. The van der Waals surface area contributed by atoms with Crippen molar-refractivity contribution in [1.82, 2.24) is 5.32 Å². The molecule has 0 bridgehead atoms. The van der Waals surface area contributed by atoms with Crippen molar-refractivity contribution in [3.8, 4) is 0 Å². The summed E-state index contributed by atoms with van der Waals surface area (Å²) in [6.07, 6.45) is 6.63. The van der Waals surface area contributed by atoms with Crippen LogP contribution in [0.3, 0.4) is 0 Å². The molecule has 1 saturated heterocycles. The Hall–Kier alpha value is -0.420. The number of nitrogens with one attached hydrogen (secondary N) is 1. The number of thiophene rings is 1. The number of nitrogens with two attached hydrogens (primary N) is 1. The Balaban J connectivity index is 1.92. The summed E-state index contributed by atoms with van der Waals surface area (Å²) >= 11 is 1.72. The smallest absolute Gasteiger partial charge is 0.103 e. The zero-order valence-corrected chi connectivity index (χ0v) is 12.6. The third-order valence-electron chi connectivity index (χ3n) is 3.96. The highest BCUT2D eigenvalue weighted by Crippen LogP contribution is 2.27. The summed E-state index contributed by atoms with van der Waals surface area (Å²) in [6.45, 7) is 3.16. The zero-order valence-electron chi connectivity index (χ0n) is 11.8. The van der Waals surface area contributed by atoms with Crippen LogP contribution in [0, 0.1) is 0 Å². The van der Waals surface area contributed by atoms with Crippen molar-refractivity contribution in [2.24, 2.45) is 5.73 Å². The van der Waals surface area contributed by atoms with Gasteiger partial charge in [-0.2, -0.15) is 0 Å². The maximum Gasteiger partial charge on any atom is 0.103 e. The Morgan fingerprint density at radius 3 is 3.05 bits per heavy atom. The van der Waals surface area contributed by atoms with Crippen LogP contribution in [0.15, 0.2) is 12.1 Å². The molecule has 0 aromatic carbocycles. The van der Waals surface area contributed by atoms with E-state index in [2.05, 4.69) is 11.4 Å². The first kappa shape index (κ1) is 15.0. The number of aliphatic hydroxyl groups is 1. The van der Waals surface area contributed by atoms with Gasteiger partial charge in [-0.25, -0.2) is 0 Å². The van der Waals surface area contributed by atoms with Crippen molar-refractivity contribution in [2.75, 3.05) is 6.54 Å². The average Bonchev–Trinajstić information content (AvgIpc) is 2.73. The number of aliphatic hydroxyl groups excluding tert-OH is 1. The molecule has 1 aliphatic heterocycles. The number of hydrogen-bond acceptors (Lipinski definition) is 4. The van der Waals surface area contributed by atoms with Gasteiger partial charge in [0.05, 0.1) is 0 Å². The Kier molecular flexibility index (Phi) is 5.82. The quantitative estimate of drug-likeness (QED) is 0.778. The maximum absolute atomic E-state index is 10.1. The molecule has 0 spiro atoms. The van der Waals surface area contributed by atoms with Crippen molar-refractivity contribution in [3.63, 3.8) is 0 Å². The molecule has 4 heteroatoms. The lowest BCUT2D eigenvalue weighted by Gasteiger charge is -2.16. The van der Waals surface area contributed by atoms with E-state index >= 15 is 0 Å². The monoisotopic (exact) mass is 282 g/mol. The van der Waals surface area contributed by atoms with E-state index in [4.69, 9.17) is 5.73 Å². The van der Waals surface area contributed by atoms with Crippen LogP contribution in [0.2, 0.25) is 0 Å². The molecule has 0 saturated carbocycles. The van der Waals surface area contributed by atoms with Gasteiger partial charge >= 0.3 is 0 Å². The van der Waals surface area contributed by atoms with Crippen molar-refractivity contribution in [3.05, 3.63) is 21.9 Å². The lowest BCUT2D eigenvalue weighted by Crippen LogP contribution is -2.29. The van der Waals surface area contributed by atoms with E-state index in [0.717, 1.165) is 24.3 Å². The van der Waals surface area contributed by atoms with Crippen LogP contribution >= 0.6 is 11.3 Å². The summed E-state index contributed by atoms with van der Waals surface area (Å²) in [5.74, 6) is 0. The molecule has 0 amide bonds. The lowest BCUT2D eigenvalue weighted by atomic mass is 10.1. The SMILES string of the molecule is CCC(N)C(O)c1ccc(CC2CCCCCN2)s1. The van der Waals surface area contributed by atoms with Gasteiger partial charge in [0.15, 0.2) is 0 Å². The van der Waals surface area contributed by atoms with E-state index in [1.807, 2.05) is 13.0 Å². The van der Waals surface area contributed by atoms with E-state index in [0.29, 0.717) is 6.04 Å². The molecular formula is C15H26N2OS. The van der Waals surface area contributed by atoms with E-state index in [1.54, 1.807) is 11.3 Å². The second-order valence-electron chi connectivity index (χ2n) is 5.53.